The summed E-state index contributed by atoms with van der Waals surface area (Å²) in [6, 6.07) is 10.2. The first kappa shape index (κ1) is 19.8. The SMILES string of the molecule is COc1ccc(-c2cccs2)cc1Cn1c(=O)[nH]c2cnc(NC[C@@H]3CCNC3)nc21. The quantitative estimate of drug-likeness (QED) is 0.412. The molecule has 0 amide bonds. The first-order valence-corrected chi connectivity index (χ1v) is 11.2. The van der Waals surface area contributed by atoms with Crippen molar-refractivity contribution >= 4 is 28.4 Å². The first-order valence-electron chi connectivity index (χ1n) is 10.3. The maximum absolute atomic E-state index is 12.7. The number of aromatic amines is 1. The molecule has 31 heavy (non-hydrogen) atoms. The van der Waals surface area contributed by atoms with Gasteiger partial charge in [0.2, 0.25) is 5.95 Å². The number of imidazole rings is 1. The van der Waals surface area contributed by atoms with Crippen LogP contribution >= 0.6 is 11.3 Å². The third-order valence-electron chi connectivity index (χ3n) is 5.64. The molecule has 4 aromatic rings. The number of methoxy groups -OCH3 is 1. The van der Waals surface area contributed by atoms with Gasteiger partial charge in [0, 0.05) is 17.0 Å². The highest BCUT2D eigenvalue weighted by Gasteiger charge is 2.16. The molecule has 160 valence electrons. The lowest BCUT2D eigenvalue weighted by atomic mass is 10.1. The van der Waals surface area contributed by atoms with Crippen LogP contribution in [0.3, 0.4) is 0 Å². The second-order valence-corrected chi connectivity index (χ2v) is 8.64. The summed E-state index contributed by atoms with van der Waals surface area (Å²) in [6.45, 7) is 3.22. The van der Waals surface area contributed by atoms with Gasteiger partial charge in [0.05, 0.1) is 19.9 Å². The standard InChI is InChI=1S/C22H24N6O2S/c1-30-18-5-4-15(19-3-2-8-31-19)9-16(18)13-28-20-17(26-22(28)29)12-25-21(27-20)24-11-14-6-7-23-10-14/h2-5,8-9,12,14,23H,6-7,10-11,13H2,1H3,(H,26,29)(H,24,25,27)/t14-/m1/s1. The molecular weight excluding hydrogens is 412 g/mol. The Morgan fingerprint density at radius 2 is 2.29 bits per heavy atom. The van der Waals surface area contributed by atoms with Gasteiger partial charge in [-0.1, -0.05) is 6.07 Å². The highest BCUT2D eigenvalue weighted by molar-refractivity contribution is 7.13. The van der Waals surface area contributed by atoms with Crippen LogP contribution in [0.5, 0.6) is 5.75 Å². The number of nitrogens with zero attached hydrogens (tertiary/aromatic N) is 3. The largest absolute Gasteiger partial charge is 0.496 e. The fraction of sp³-hybridized carbons (Fsp3) is 0.318. The molecular formula is C22H24N6O2S. The summed E-state index contributed by atoms with van der Waals surface area (Å²) in [4.78, 5) is 25.7. The molecule has 0 radical (unpaired) electrons. The smallest absolute Gasteiger partial charge is 0.328 e. The normalized spacial score (nSPS) is 16.1. The molecule has 9 heteroatoms. The number of hydrogen-bond acceptors (Lipinski definition) is 7. The fourth-order valence-electron chi connectivity index (χ4n) is 3.97. The molecule has 1 aromatic carbocycles. The van der Waals surface area contributed by atoms with E-state index in [1.807, 2.05) is 18.2 Å². The van der Waals surface area contributed by atoms with Gasteiger partial charge in [-0.05, 0) is 60.6 Å². The van der Waals surface area contributed by atoms with Gasteiger partial charge in [-0.3, -0.25) is 4.57 Å². The predicted molar refractivity (Wildman–Crippen MR) is 123 cm³/mol. The molecule has 8 nitrogen and oxygen atoms in total. The highest BCUT2D eigenvalue weighted by atomic mass is 32.1. The van der Waals surface area contributed by atoms with E-state index < -0.39 is 0 Å². The maximum Gasteiger partial charge on any atom is 0.328 e. The zero-order valence-corrected chi connectivity index (χ0v) is 18.0. The lowest BCUT2D eigenvalue weighted by Crippen LogP contribution is -2.19. The highest BCUT2D eigenvalue weighted by Crippen LogP contribution is 2.30. The average molecular weight is 437 g/mol. The molecule has 1 atom stereocenters. The van der Waals surface area contributed by atoms with E-state index in [-0.39, 0.29) is 5.69 Å². The molecule has 4 heterocycles. The van der Waals surface area contributed by atoms with E-state index in [1.165, 1.54) is 4.88 Å². The van der Waals surface area contributed by atoms with Crippen LogP contribution in [0.15, 0.2) is 46.7 Å². The van der Waals surface area contributed by atoms with E-state index in [4.69, 9.17) is 4.74 Å². The summed E-state index contributed by atoms with van der Waals surface area (Å²) in [5.74, 6) is 1.84. The summed E-state index contributed by atoms with van der Waals surface area (Å²) in [7, 11) is 1.64. The number of H-pyrrole nitrogens is 1. The Kier molecular flexibility index (Phi) is 5.44. The summed E-state index contributed by atoms with van der Waals surface area (Å²) >= 11 is 1.68. The van der Waals surface area contributed by atoms with Crippen LogP contribution in [0.25, 0.3) is 21.6 Å². The molecule has 0 unspecified atom stereocenters. The van der Waals surface area contributed by atoms with Crippen molar-refractivity contribution in [1.82, 2.24) is 24.8 Å². The minimum absolute atomic E-state index is 0.218. The number of aromatic nitrogens is 4. The topological polar surface area (TPSA) is 96.9 Å². The molecule has 0 aliphatic carbocycles. The van der Waals surface area contributed by atoms with Crippen molar-refractivity contribution in [2.75, 3.05) is 32.1 Å². The van der Waals surface area contributed by atoms with Crippen LogP contribution < -0.4 is 21.1 Å². The van der Waals surface area contributed by atoms with Gasteiger partial charge < -0.3 is 20.4 Å². The number of benzene rings is 1. The van der Waals surface area contributed by atoms with Crippen molar-refractivity contribution in [3.8, 4) is 16.2 Å². The molecule has 1 aliphatic rings. The summed E-state index contributed by atoms with van der Waals surface area (Å²) < 4.78 is 7.20. The predicted octanol–water partition coefficient (Wildman–Crippen LogP) is 2.93. The van der Waals surface area contributed by atoms with E-state index in [1.54, 1.807) is 29.2 Å². The van der Waals surface area contributed by atoms with Gasteiger partial charge >= 0.3 is 5.69 Å². The molecule has 0 saturated carbocycles. The minimum Gasteiger partial charge on any atom is -0.496 e. The third-order valence-corrected chi connectivity index (χ3v) is 6.56. The van der Waals surface area contributed by atoms with E-state index in [9.17, 15) is 4.79 Å². The molecule has 3 aromatic heterocycles. The van der Waals surface area contributed by atoms with Crippen molar-refractivity contribution in [3.63, 3.8) is 0 Å². The zero-order chi connectivity index (χ0) is 21.2. The molecule has 1 saturated heterocycles. The maximum atomic E-state index is 12.7. The first-order chi connectivity index (χ1) is 15.2. The van der Waals surface area contributed by atoms with Crippen molar-refractivity contribution in [3.05, 3.63) is 58.0 Å². The zero-order valence-electron chi connectivity index (χ0n) is 17.2. The van der Waals surface area contributed by atoms with Gasteiger partial charge in [-0.15, -0.1) is 11.3 Å². The Labute approximate surface area is 183 Å². The monoisotopic (exact) mass is 436 g/mol. The summed E-state index contributed by atoms with van der Waals surface area (Å²) in [5, 5.41) is 8.73. The van der Waals surface area contributed by atoms with Gasteiger partial charge in [-0.2, -0.15) is 4.98 Å². The summed E-state index contributed by atoms with van der Waals surface area (Å²) in [5.41, 5.74) is 2.99. The van der Waals surface area contributed by atoms with Gasteiger partial charge in [0.1, 0.15) is 11.3 Å². The lowest BCUT2D eigenvalue weighted by Gasteiger charge is -2.12. The molecule has 3 N–H and O–H groups in total. The van der Waals surface area contributed by atoms with Crippen molar-refractivity contribution in [2.24, 2.45) is 5.92 Å². The number of thiophene rings is 1. The Morgan fingerprint density at radius 1 is 1.35 bits per heavy atom. The molecule has 1 aliphatic heterocycles. The van der Waals surface area contributed by atoms with Crippen LogP contribution in [0.2, 0.25) is 0 Å². The second kappa shape index (κ2) is 8.52. The number of hydrogen-bond donors (Lipinski definition) is 3. The molecule has 1 fully saturated rings. The van der Waals surface area contributed by atoms with Crippen LogP contribution in [0, 0.1) is 5.92 Å². The van der Waals surface area contributed by atoms with E-state index >= 15 is 0 Å². The van der Waals surface area contributed by atoms with Crippen molar-refractivity contribution < 1.29 is 4.74 Å². The third kappa shape index (κ3) is 4.06. The Balaban J connectivity index is 1.47. The number of fused-ring (bicyclic) bond motifs is 1. The van der Waals surface area contributed by atoms with Gasteiger partial charge in [0.15, 0.2) is 5.65 Å². The number of nitrogens with one attached hydrogen (secondary N) is 3. The number of anilines is 1. The average Bonchev–Trinajstić information content (AvgIpc) is 3.55. The van der Waals surface area contributed by atoms with Crippen molar-refractivity contribution in [2.45, 2.75) is 13.0 Å². The molecule has 0 spiro atoms. The van der Waals surface area contributed by atoms with E-state index in [0.717, 1.165) is 42.9 Å². The fourth-order valence-corrected chi connectivity index (χ4v) is 4.69. The van der Waals surface area contributed by atoms with Crippen LogP contribution in [-0.2, 0) is 6.54 Å². The van der Waals surface area contributed by atoms with Crippen molar-refractivity contribution in [1.29, 1.82) is 0 Å². The molecule has 5 rings (SSSR count). The lowest BCUT2D eigenvalue weighted by molar-refractivity contribution is 0.408. The minimum atomic E-state index is -0.218. The summed E-state index contributed by atoms with van der Waals surface area (Å²) in [6.07, 6.45) is 2.80. The van der Waals surface area contributed by atoms with Gasteiger partial charge in [-0.25, -0.2) is 9.78 Å². The Morgan fingerprint density at radius 3 is 3.06 bits per heavy atom. The van der Waals surface area contributed by atoms with E-state index in [0.29, 0.717) is 29.6 Å². The Bertz CT molecular complexity index is 1240. The molecule has 0 bridgehead atoms. The number of rotatable bonds is 7. The second-order valence-electron chi connectivity index (χ2n) is 7.69. The van der Waals surface area contributed by atoms with Crippen LogP contribution in [-0.4, -0.2) is 46.3 Å². The van der Waals surface area contributed by atoms with Crippen LogP contribution in [0.4, 0.5) is 5.95 Å². The van der Waals surface area contributed by atoms with Gasteiger partial charge in [0.25, 0.3) is 0 Å². The van der Waals surface area contributed by atoms with Crippen LogP contribution in [0.1, 0.15) is 12.0 Å². The number of ether oxygens (including phenoxy) is 1. The Hall–Kier alpha value is -3.17. The van der Waals surface area contributed by atoms with E-state index in [2.05, 4.69) is 43.1 Å².